The lowest BCUT2D eigenvalue weighted by molar-refractivity contribution is -0.190. The van der Waals surface area contributed by atoms with Crippen molar-refractivity contribution in [1.29, 1.82) is 0 Å². The van der Waals surface area contributed by atoms with Gasteiger partial charge in [0, 0.05) is 31.6 Å². The highest BCUT2D eigenvalue weighted by Crippen LogP contribution is 2.51. The smallest absolute Gasteiger partial charge is 0.230 e. The largest absolute Gasteiger partial charge is 0.507 e. The van der Waals surface area contributed by atoms with Crippen molar-refractivity contribution in [3.63, 3.8) is 0 Å². The monoisotopic (exact) mass is 557 g/mol. The third kappa shape index (κ3) is 4.89. The predicted octanol–water partition coefficient (Wildman–Crippen LogP) is 0.773. The molecule has 4 rings (SSSR count). The summed E-state index contributed by atoms with van der Waals surface area (Å²) in [6.45, 7) is 10.9. The molecular weight excluding hydrogens is 514 g/mol. The Morgan fingerprint density at radius 2 is 1.68 bits per heavy atom. The molecule has 7 atom stereocenters. The van der Waals surface area contributed by atoms with E-state index in [9.17, 15) is 34.5 Å². The molecule has 5 N–H and O–H groups in total. The van der Waals surface area contributed by atoms with E-state index in [2.05, 4.69) is 32.6 Å². The summed E-state index contributed by atoms with van der Waals surface area (Å²) >= 11 is 0. The number of fused-ring (bicyclic) bond motifs is 3. The van der Waals surface area contributed by atoms with E-state index in [0.717, 1.165) is 18.7 Å². The zero-order chi connectivity index (χ0) is 29.8. The lowest BCUT2D eigenvalue weighted by Gasteiger charge is -2.54. The van der Waals surface area contributed by atoms with Gasteiger partial charge in [0.05, 0.1) is 17.6 Å². The van der Waals surface area contributed by atoms with E-state index in [1.54, 1.807) is 19.0 Å². The van der Waals surface area contributed by atoms with Crippen LogP contribution in [0.2, 0.25) is 0 Å². The molecule has 0 spiro atoms. The fraction of sp³-hybridized carbons (Fsp3) is 0.667. The lowest BCUT2D eigenvalue weighted by Crippen LogP contribution is -2.75. The molecule has 3 aliphatic rings. The van der Waals surface area contributed by atoms with Crippen LogP contribution in [-0.4, -0.2) is 93.3 Å². The van der Waals surface area contributed by atoms with Crippen molar-refractivity contribution in [3.05, 3.63) is 28.8 Å². The topological polar surface area (TPSA) is 161 Å². The average Bonchev–Trinajstić information content (AvgIpc) is 2.81. The molecule has 40 heavy (non-hydrogen) atoms. The Morgan fingerprint density at radius 3 is 2.20 bits per heavy atom. The summed E-state index contributed by atoms with van der Waals surface area (Å²) in [5.41, 5.74) is 4.41. The quantitative estimate of drug-likeness (QED) is 0.338. The second kappa shape index (κ2) is 11.0. The maximum atomic E-state index is 14.0. The zero-order valence-electron chi connectivity index (χ0n) is 24.3. The highest BCUT2D eigenvalue weighted by molar-refractivity contribution is 6.25. The minimum absolute atomic E-state index is 0.0575. The van der Waals surface area contributed by atoms with Crippen LogP contribution in [0, 0.1) is 35.5 Å². The van der Waals surface area contributed by atoms with E-state index in [1.807, 2.05) is 6.07 Å². The minimum Gasteiger partial charge on any atom is -0.507 e. The van der Waals surface area contributed by atoms with Crippen LogP contribution in [-0.2, 0) is 27.3 Å². The molecule has 0 aliphatic heterocycles. The molecule has 0 aromatic heterocycles. The number of hydrogen-bond acceptors (Lipinski definition) is 9. The number of hydrogen-bond donors (Lipinski definition) is 4. The van der Waals surface area contributed by atoms with Gasteiger partial charge >= 0.3 is 0 Å². The van der Waals surface area contributed by atoms with Gasteiger partial charge in [-0.15, -0.1) is 0 Å². The Kier molecular flexibility index (Phi) is 8.31. The van der Waals surface area contributed by atoms with E-state index in [4.69, 9.17) is 5.73 Å². The van der Waals surface area contributed by atoms with Crippen molar-refractivity contribution < 1.29 is 34.5 Å². The van der Waals surface area contributed by atoms with Gasteiger partial charge in [-0.25, -0.2) is 0 Å². The van der Waals surface area contributed by atoms with Crippen LogP contribution >= 0.6 is 0 Å². The van der Waals surface area contributed by atoms with Crippen molar-refractivity contribution in [2.24, 2.45) is 41.2 Å². The summed E-state index contributed by atoms with van der Waals surface area (Å²) in [6.07, 6.45) is -1.11. The summed E-state index contributed by atoms with van der Waals surface area (Å²) in [5.74, 6) is -8.02. The van der Waals surface area contributed by atoms with Crippen LogP contribution in [0.4, 0.5) is 0 Å². The van der Waals surface area contributed by atoms with Crippen molar-refractivity contribution in [2.75, 3.05) is 27.2 Å². The maximum absolute atomic E-state index is 14.0. The molecule has 3 aliphatic carbocycles. The summed E-state index contributed by atoms with van der Waals surface area (Å²) in [5, 5.41) is 33.5. The van der Waals surface area contributed by atoms with E-state index in [-0.39, 0.29) is 17.7 Å². The number of carbonyl (C=O) groups excluding carboxylic acids is 4. The zero-order valence-corrected chi connectivity index (χ0v) is 24.3. The predicted molar refractivity (Wildman–Crippen MR) is 147 cm³/mol. The number of benzene rings is 1. The molecule has 4 unspecified atom stereocenters. The standard InChI is InChI=1S/C30H43N3O7/c1-14(2)11-33(12-15(3)4)13-16-7-8-20(34)22-18(16)9-17-10-19-24(32(5)6)26(36)23(29(31)39)28(38)30(19,40)27(37)21(17)25(22)35/h7-8,14-15,17,19,21,23-24,26,34,36,40H,9-13H2,1-6H3,(H2,31,39)/t17-,19-,21?,23?,24?,26?,30-/m1/s1. The van der Waals surface area contributed by atoms with Crippen molar-refractivity contribution >= 4 is 23.3 Å². The maximum Gasteiger partial charge on any atom is 0.230 e. The number of ketones is 3. The molecule has 0 bridgehead atoms. The van der Waals surface area contributed by atoms with E-state index in [0.29, 0.717) is 30.4 Å². The van der Waals surface area contributed by atoms with Crippen molar-refractivity contribution in [3.8, 4) is 5.75 Å². The minimum atomic E-state index is -2.65. The first kappa shape index (κ1) is 30.3. The Labute approximate surface area is 235 Å². The van der Waals surface area contributed by atoms with Gasteiger partial charge in [-0.3, -0.25) is 24.1 Å². The number of phenolic OH excluding ortho intramolecular Hbond substituents is 1. The second-order valence-corrected chi connectivity index (χ2v) is 13.0. The molecule has 1 amide bonds. The van der Waals surface area contributed by atoms with Gasteiger partial charge in [0.2, 0.25) is 5.91 Å². The van der Waals surface area contributed by atoms with Crippen LogP contribution in [0.3, 0.4) is 0 Å². The molecular formula is C30H43N3O7. The molecule has 10 nitrogen and oxygen atoms in total. The van der Waals surface area contributed by atoms with Crippen LogP contribution in [0.15, 0.2) is 12.1 Å². The van der Waals surface area contributed by atoms with Gasteiger partial charge in [-0.05, 0) is 61.9 Å². The molecule has 0 saturated heterocycles. The fourth-order valence-electron chi connectivity index (χ4n) is 7.51. The fourth-order valence-corrected chi connectivity index (χ4v) is 7.51. The number of primary amides is 1. The lowest BCUT2D eigenvalue weighted by atomic mass is 9.52. The number of aliphatic hydroxyl groups is 2. The van der Waals surface area contributed by atoms with Crippen LogP contribution < -0.4 is 5.73 Å². The number of nitrogens with zero attached hydrogens (tertiary/aromatic N) is 2. The van der Waals surface area contributed by atoms with Gasteiger partial charge in [0.1, 0.15) is 11.7 Å². The summed E-state index contributed by atoms with van der Waals surface area (Å²) < 4.78 is 0. The number of likely N-dealkylation sites (N-methyl/N-ethyl adjacent to an activating group) is 1. The summed E-state index contributed by atoms with van der Waals surface area (Å²) in [4.78, 5) is 57.4. The van der Waals surface area contributed by atoms with Crippen molar-refractivity contribution in [1.82, 2.24) is 9.80 Å². The average molecular weight is 558 g/mol. The van der Waals surface area contributed by atoms with Gasteiger partial charge in [0.15, 0.2) is 23.0 Å². The summed E-state index contributed by atoms with van der Waals surface area (Å²) in [7, 11) is 3.27. The Bertz CT molecular complexity index is 1200. The molecule has 0 heterocycles. The van der Waals surface area contributed by atoms with Gasteiger partial charge in [-0.1, -0.05) is 33.8 Å². The molecule has 220 valence electrons. The van der Waals surface area contributed by atoms with Crippen LogP contribution in [0.25, 0.3) is 0 Å². The van der Waals surface area contributed by atoms with E-state index < -0.39 is 64.7 Å². The summed E-state index contributed by atoms with van der Waals surface area (Å²) in [6, 6.07) is 2.37. The molecule has 2 saturated carbocycles. The third-order valence-corrected chi connectivity index (χ3v) is 8.91. The van der Waals surface area contributed by atoms with Crippen LogP contribution in [0.5, 0.6) is 5.75 Å². The first-order valence-electron chi connectivity index (χ1n) is 14.2. The molecule has 10 heteroatoms. The number of nitrogens with two attached hydrogens (primary N) is 1. The molecule has 2 fully saturated rings. The second-order valence-electron chi connectivity index (χ2n) is 13.0. The number of rotatable bonds is 8. The van der Waals surface area contributed by atoms with Crippen LogP contribution in [0.1, 0.15) is 55.6 Å². The number of carbonyl (C=O) groups is 4. The van der Waals surface area contributed by atoms with E-state index in [1.165, 1.54) is 6.07 Å². The first-order chi connectivity index (χ1) is 18.6. The SMILES string of the molecule is CC(C)CN(Cc1ccc(O)c2c1C[C@@H]1C[C@@H]3C(N(C)C)C(O)C(C(N)=O)C(=O)[C@]3(O)C(=O)C1C2=O)CC(C)C. The Balaban J connectivity index is 1.78. The number of phenols is 1. The Morgan fingerprint density at radius 1 is 1.07 bits per heavy atom. The van der Waals surface area contributed by atoms with Gasteiger partial charge < -0.3 is 26.0 Å². The van der Waals surface area contributed by atoms with Gasteiger partial charge in [-0.2, -0.15) is 0 Å². The highest BCUT2D eigenvalue weighted by atomic mass is 16.3. The molecule has 0 radical (unpaired) electrons. The number of Topliss-reactive ketones (excluding diaryl/α,β-unsaturated/α-hetero) is 3. The first-order valence-corrected chi connectivity index (χ1v) is 14.2. The number of aliphatic hydroxyl groups excluding tert-OH is 1. The highest BCUT2D eigenvalue weighted by Gasteiger charge is 2.69. The number of amides is 1. The van der Waals surface area contributed by atoms with Crippen molar-refractivity contribution in [2.45, 2.75) is 64.8 Å². The Hall–Kier alpha value is -2.66. The third-order valence-electron chi connectivity index (χ3n) is 8.91. The number of aromatic hydroxyl groups is 1. The molecule has 1 aromatic rings. The molecule has 1 aromatic carbocycles. The van der Waals surface area contributed by atoms with Gasteiger partial charge in [0.25, 0.3) is 0 Å². The van der Waals surface area contributed by atoms with E-state index >= 15 is 0 Å². The normalized spacial score (nSPS) is 32.0.